The van der Waals surface area contributed by atoms with Gasteiger partial charge in [-0.3, -0.25) is 0 Å². The van der Waals surface area contributed by atoms with Crippen molar-refractivity contribution in [3.63, 3.8) is 0 Å². The third-order valence-corrected chi connectivity index (χ3v) is 3.95. The van der Waals surface area contributed by atoms with E-state index in [0.717, 1.165) is 38.0 Å². The summed E-state index contributed by atoms with van der Waals surface area (Å²) in [5.41, 5.74) is 9.64. The number of rotatable bonds is 5. The van der Waals surface area contributed by atoms with Crippen LogP contribution < -0.4 is 10.5 Å². The SMILES string of the molecule is NCCCc1ccc(OC2CCc3ccccc32)cc1. The molecule has 0 aliphatic heterocycles. The standard InChI is InChI=1S/C18H21NO/c19-13-3-4-14-7-10-16(11-8-14)20-18-12-9-15-5-1-2-6-17(15)18/h1-2,5-8,10-11,18H,3-4,9,12-13,19H2. The van der Waals surface area contributed by atoms with Gasteiger partial charge in [0.25, 0.3) is 0 Å². The van der Waals surface area contributed by atoms with Crippen LogP contribution in [0.15, 0.2) is 48.5 Å². The van der Waals surface area contributed by atoms with E-state index in [0.29, 0.717) is 0 Å². The molecule has 2 aromatic rings. The maximum absolute atomic E-state index is 6.14. The van der Waals surface area contributed by atoms with Crippen molar-refractivity contribution in [2.45, 2.75) is 31.8 Å². The minimum Gasteiger partial charge on any atom is -0.486 e. The van der Waals surface area contributed by atoms with Crippen LogP contribution >= 0.6 is 0 Å². The van der Waals surface area contributed by atoms with E-state index < -0.39 is 0 Å². The predicted molar refractivity (Wildman–Crippen MR) is 81.9 cm³/mol. The lowest BCUT2D eigenvalue weighted by atomic mass is 10.1. The van der Waals surface area contributed by atoms with Crippen LogP contribution in [0.25, 0.3) is 0 Å². The van der Waals surface area contributed by atoms with Crippen molar-refractivity contribution in [3.05, 3.63) is 65.2 Å². The first-order chi connectivity index (χ1) is 9.86. The number of hydrogen-bond donors (Lipinski definition) is 1. The quantitative estimate of drug-likeness (QED) is 0.897. The zero-order valence-corrected chi connectivity index (χ0v) is 11.7. The van der Waals surface area contributed by atoms with Crippen molar-refractivity contribution in [2.24, 2.45) is 5.73 Å². The van der Waals surface area contributed by atoms with Crippen LogP contribution in [0.1, 0.15) is 35.6 Å². The number of fused-ring (bicyclic) bond motifs is 1. The van der Waals surface area contributed by atoms with Crippen LogP contribution in [-0.2, 0) is 12.8 Å². The van der Waals surface area contributed by atoms with E-state index in [1.54, 1.807) is 0 Å². The van der Waals surface area contributed by atoms with Crippen LogP contribution in [0.3, 0.4) is 0 Å². The fourth-order valence-corrected chi connectivity index (χ4v) is 2.85. The Kier molecular flexibility index (Phi) is 4.03. The average Bonchev–Trinajstić information content (AvgIpc) is 2.90. The molecule has 0 spiro atoms. The molecule has 2 heteroatoms. The van der Waals surface area contributed by atoms with Gasteiger partial charge in [-0.05, 0) is 61.1 Å². The minimum atomic E-state index is 0.209. The second-order valence-electron chi connectivity index (χ2n) is 5.38. The van der Waals surface area contributed by atoms with Crippen LogP contribution in [0.2, 0.25) is 0 Å². The van der Waals surface area contributed by atoms with Crippen LogP contribution in [0, 0.1) is 0 Å². The van der Waals surface area contributed by atoms with E-state index in [2.05, 4.69) is 48.5 Å². The Morgan fingerprint density at radius 2 is 1.85 bits per heavy atom. The molecule has 1 unspecified atom stereocenters. The zero-order valence-electron chi connectivity index (χ0n) is 11.7. The Hall–Kier alpha value is -1.80. The number of aryl methyl sites for hydroxylation is 2. The Balaban J connectivity index is 1.67. The lowest BCUT2D eigenvalue weighted by Crippen LogP contribution is -2.03. The van der Waals surface area contributed by atoms with Gasteiger partial charge < -0.3 is 10.5 Å². The second kappa shape index (κ2) is 6.10. The molecular formula is C18H21NO. The van der Waals surface area contributed by atoms with Gasteiger partial charge in [-0.25, -0.2) is 0 Å². The van der Waals surface area contributed by atoms with E-state index in [4.69, 9.17) is 10.5 Å². The highest BCUT2D eigenvalue weighted by Crippen LogP contribution is 2.34. The highest BCUT2D eigenvalue weighted by atomic mass is 16.5. The average molecular weight is 267 g/mol. The monoisotopic (exact) mass is 267 g/mol. The summed E-state index contributed by atoms with van der Waals surface area (Å²) in [6.45, 7) is 0.747. The molecule has 0 radical (unpaired) electrons. The van der Waals surface area contributed by atoms with E-state index in [-0.39, 0.29) is 6.10 Å². The fraction of sp³-hybridized carbons (Fsp3) is 0.333. The molecule has 2 nitrogen and oxygen atoms in total. The van der Waals surface area contributed by atoms with E-state index in [9.17, 15) is 0 Å². The first-order valence-electron chi connectivity index (χ1n) is 7.40. The molecule has 0 saturated carbocycles. The maximum Gasteiger partial charge on any atom is 0.124 e. The zero-order chi connectivity index (χ0) is 13.8. The van der Waals surface area contributed by atoms with Gasteiger partial charge in [0.2, 0.25) is 0 Å². The molecule has 0 bridgehead atoms. The molecule has 20 heavy (non-hydrogen) atoms. The number of nitrogens with two attached hydrogens (primary N) is 1. The topological polar surface area (TPSA) is 35.2 Å². The van der Waals surface area contributed by atoms with Gasteiger partial charge in [-0.2, -0.15) is 0 Å². The van der Waals surface area contributed by atoms with Crippen molar-refractivity contribution in [2.75, 3.05) is 6.54 Å². The van der Waals surface area contributed by atoms with E-state index in [1.807, 2.05) is 0 Å². The molecule has 0 heterocycles. The first kappa shape index (κ1) is 13.2. The van der Waals surface area contributed by atoms with Crippen molar-refractivity contribution in [3.8, 4) is 5.75 Å². The lowest BCUT2D eigenvalue weighted by molar-refractivity contribution is 0.207. The number of ether oxygens (including phenoxy) is 1. The van der Waals surface area contributed by atoms with Crippen molar-refractivity contribution >= 4 is 0 Å². The normalized spacial score (nSPS) is 16.9. The molecule has 1 aliphatic rings. The van der Waals surface area contributed by atoms with E-state index >= 15 is 0 Å². The molecule has 0 saturated heterocycles. The molecule has 1 atom stereocenters. The summed E-state index contributed by atoms with van der Waals surface area (Å²) < 4.78 is 6.14. The van der Waals surface area contributed by atoms with Crippen molar-refractivity contribution < 1.29 is 4.74 Å². The highest BCUT2D eigenvalue weighted by Gasteiger charge is 2.23. The Morgan fingerprint density at radius 3 is 2.65 bits per heavy atom. The van der Waals surface area contributed by atoms with E-state index in [1.165, 1.54) is 16.7 Å². The summed E-state index contributed by atoms with van der Waals surface area (Å²) in [7, 11) is 0. The summed E-state index contributed by atoms with van der Waals surface area (Å²) in [6, 6.07) is 17.0. The van der Waals surface area contributed by atoms with Crippen molar-refractivity contribution in [1.29, 1.82) is 0 Å². The van der Waals surface area contributed by atoms with Gasteiger partial charge in [0.05, 0.1) is 0 Å². The predicted octanol–water partition coefficient (Wildman–Crippen LogP) is 3.64. The summed E-state index contributed by atoms with van der Waals surface area (Å²) in [6.07, 6.45) is 4.49. The third kappa shape index (κ3) is 2.86. The Morgan fingerprint density at radius 1 is 1.05 bits per heavy atom. The van der Waals surface area contributed by atoms with Gasteiger partial charge in [0.1, 0.15) is 11.9 Å². The molecule has 104 valence electrons. The molecular weight excluding hydrogens is 246 g/mol. The summed E-state index contributed by atoms with van der Waals surface area (Å²) >= 11 is 0. The first-order valence-corrected chi connectivity index (χ1v) is 7.40. The van der Waals surface area contributed by atoms with Gasteiger partial charge in [0.15, 0.2) is 0 Å². The molecule has 2 aromatic carbocycles. The molecule has 2 N–H and O–H groups in total. The van der Waals surface area contributed by atoms with Gasteiger partial charge in [-0.15, -0.1) is 0 Å². The summed E-state index contributed by atoms with van der Waals surface area (Å²) in [5, 5.41) is 0. The Labute approximate surface area is 120 Å². The largest absolute Gasteiger partial charge is 0.486 e. The lowest BCUT2D eigenvalue weighted by Gasteiger charge is -2.15. The highest BCUT2D eigenvalue weighted by molar-refractivity contribution is 5.35. The minimum absolute atomic E-state index is 0.209. The van der Waals surface area contributed by atoms with Crippen LogP contribution in [-0.4, -0.2) is 6.54 Å². The van der Waals surface area contributed by atoms with Gasteiger partial charge in [0, 0.05) is 0 Å². The van der Waals surface area contributed by atoms with Crippen molar-refractivity contribution in [1.82, 2.24) is 0 Å². The second-order valence-corrected chi connectivity index (χ2v) is 5.38. The smallest absolute Gasteiger partial charge is 0.124 e. The van der Waals surface area contributed by atoms with Crippen LogP contribution in [0.5, 0.6) is 5.75 Å². The summed E-state index contributed by atoms with van der Waals surface area (Å²) in [5.74, 6) is 0.961. The van der Waals surface area contributed by atoms with Gasteiger partial charge >= 0.3 is 0 Å². The molecule has 0 aromatic heterocycles. The molecule has 0 amide bonds. The number of benzene rings is 2. The maximum atomic E-state index is 6.14. The Bertz CT molecular complexity index is 562. The fourth-order valence-electron chi connectivity index (χ4n) is 2.85. The molecule has 0 fully saturated rings. The molecule has 3 rings (SSSR count). The number of hydrogen-bond acceptors (Lipinski definition) is 2. The molecule has 1 aliphatic carbocycles. The third-order valence-electron chi connectivity index (χ3n) is 3.95. The van der Waals surface area contributed by atoms with Crippen LogP contribution in [0.4, 0.5) is 0 Å². The van der Waals surface area contributed by atoms with Gasteiger partial charge in [-0.1, -0.05) is 36.4 Å². The summed E-state index contributed by atoms with van der Waals surface area (Å²) in [4.78, 5) is 0.